The van der Waals surface area contributed by atoms with Gasteiger partial charge in [-0.05, 0) is 41.3 Å². The summed E-state index contributed by atoms with van der Waals surface area (Å²) in [5, 5.41) is 13.8. The highest BCUT2D eigenvalue weighted by atomic mass is 16.6. The summed E-state index contributed by atoms with van der Waals surface area (Å²) in [6.45, 7) is 2.12. The third-order valence-corrected chi connectivity index (χ3v) is 5.47. The molecule has 1 aliphatic heterocycles. The summed E-state index contributed by atoms with van der Waals surface area (Å²) in [6, 6.07) is 18.0. The van der Waals surface area contributed by atoms with E-state index >= 15 is 0 Å². The number of nitro benzene ring substituents is 1. The van der Waals surface area contributed by atoms with Crippen molar-refractivity contribution in [1.82, 2.24) is 15.2 Å². The minimum Gasteiger partial charge on any atom is -0.350 e. The maximum Gasteiger partial charge on any atom is 0.269 e. The van der Waals surface area contributed by atoms with Crippen molar-refractivity contribution in [2.24, 2.45) is 0 Å². The number of amides is 1. The van der Waals surface area contributed by atoms with Crippen LogP contribution in [-0.4, -0.2) is 33.8 Å². The number of carbonyl (C=O) groups is 1. The molecule has 7 nitrogen and oxygen atoms in total. The van der Waals surface area contributed by atoms with Gasteiger partial charge in [-0.2, -0.15) is 0 Å². The number of non-ortho nitro benzene ring substituents is 1. The third-order valence-electron chi connectivity index (χ3n) is 5.47. The Bertz CT molecular complexity index is 1040. The van der Waals surface area contributed by atoms with E-state index in [-0.39, 0.29) is 17.6 Å². The van der Waals surface area contributed by atoms with Crippen LogP contribution in [0.15, 0.2) is 73.1 Å². The predicted octanol–water partition coefficient (Wildman–Crippen LogP) is 3.52. The van der Waals surface area contributed by atoms with E-state index in [2.05, 4.69) is 39.5 Å². The molecule has 1 amide bonds. The number of nitrogens with zero attached hydrogens (tertiary/aromatic N) is 3. The van der Waals surface area contributed by atoms with E-state index in [1.807, 2.05) is 18.3 Å². The number of hydrogen-bond acceptors (Lipinski definition) is 5. The summed E-state index contributed by atoms with van der Waals surface area (Å²) < 4.78 is 0. The molecular weight excluding hydrogens is 380 g/mol. The fraction of sp³-hybridized carbons (Fsp3) is 0.217. The number of carbonyl (C=O) groups excluding carboxylic acids is 1. The van der Waals surface area contributed by atoms with Crippen molar-refractivity contribution in [2.45, 2.75) is 19.0 Å². The molecule has 3 aromatic rings. The van der Waals surface area contributed by atoms with Crippen LogP contribution in [0.2, 0.25) is 0 Å². The van der Waals surface area contributed by atoms with E-state index in [4.69, 9.17) is 0 Å². The molecule has 0 fully saturated rings. The van der Waals surface area contributed by atoms with Crippen molar-refractivity contribution in [3.8, 4) is 0 Å². The monoisotopic (exact) mass is 402 g/mol. The van der Waals surface area contributed by atoms with Crippen molar-refractivity contribution < 1.29 is 9.72 Å². The van der Waals surface area contributed by atoms with Gasteiger partial charge in [0.25, 0.3) is 11.6 Å². The molecule has 4 rings (SSSR count). The van der Waals surface area contributed by atoms with Crippen molar-refractivity contribution in [3.63, 3.8) is 0 Å². The molecule has 0 saturated carbocycles. The number of benzene rings is 2. The molecule has 30 heavy (non-hydrogen) atoms. The van der Waals surface area contributed by atoms with Gasteiger partial charge in [0.05, 0.1) is 11.0 Å². The minimum absolute atomic E-state index is 0.0194. The molecule has 1 aliphatic rings. The summed E-state index contributed by atoms with van der Waals surface area (Å²) in [5.41, 5.74) is 4.08. The quantitative estimate of drug-likeness (QED) is 0.503. The minimum atomic E-state index is -0.478. The van der Waals surface area contributed by atoms with Crippen LogP contribution in [0, 0.1) is 10.1 Å². The molecule has 1 unspecified atom stereocenters. The zero-order valence-corrected chi connectivity index (χ0v) is 16.4. The molecule has 2 aromatic carbocycles. The molecular formula is C23H22N4O3. The average Bonchev–Trinajstić information content (AvgIpc) is 2.79. The first-order valence-electron chi connectivity index (χ1n) is 9.85. The van der Waals surface area contributed by atoms with Gasteiger partial charge >= 0.3 is 0 Å². The van der Waals surface area contributed by atoms with E-state index < -0.39 is 4.92 Å². The van der Waals surface area contributed by atoms with Crippen LogP contribution in [-0.2, 0) is 13.0 Å². The second-order valence-electron chi connectivity index (χ2n) is 7.31. The maximum atomic E-state index is 12.6. The van der Waals surface area contributed by atoms with E-state index in [0.717, 1.165) is 25.1 Å². The molecule has 1 aromatic heterocycles. The van der Waals surface area contributed by atoms with Gasteiger partial charge < -0.3 is 5.32 Å². The zero-order chi connectivity index (χ0) is 20.9. The molecule has 0 radical (unpaired) electrons. The number of rotatable bonds is 6. The molecule has 0 aliphatic carbocycles. The molecule has 1 atom stereocenters. The lowest BCUT2D eigenvalue weighted by Crippen LogP contribution is -2.40. The fourth-order valence-electron chi connectivity index (χ4n) is 3.84. The first-order valence-corrected chi connectivity index (χ1v) is 9.85. The summed E-state index contributed by atoms with van der Waals surface area (Å²) >= 11 is 0. The summed E-state index contributed by atoms with van der Waals surface area (Å²) in [4.78, 5) is 29.6. The first-order chi connectivity index (χ1) is 14.6. The summed E-state index contributed by atoms with van der Waals surface area (Å²) in [6.07, 6.45) is 4.54. The molecule has 0 bridgehead atoms. The second kappa shape index (κ2) is 8.84. The fourth-order valence-corrected chi connectivity index (χ4v) is 3.84. The highest BCUT2D eigenvalue weighted by molar-refractivity contribution is 5.94. The Kier molecular flexibility index (Phi) is 5.81. The highest BCUT2D eigenvalue weighted by Gasteiger charge is 2.25. The van der Waals surface area contributed by atoms with E-state index in [9.17, 15) is 14.9 Å². The molecule has 0 spiro atoms. The van der Waals surface area contributed by atoms with Crippen molar-refractivity contribution in [1.29, 1.82) is 0 Å². The molecule has 2 heterocycles. The summed E-state index contributed by atoms with van der Waals surface area (Å²) in [5.74, 6) is -0.254. The second-order valence-corrected chi connectivity index (χ2v) is 7.31. The highest BCUT2D eigenvalue weighted by Crippen LogP contribution is 2.27. The van der Waals surface area contributed by atoms with Crippen LogP contribution < -0.4 is 5.32 Å². The first kappa shape index (κ1) is 19.7. The predicted molar refractivity (Wildman–Crippen MR) is 113 cm³/mol. The number of hydrogen-bond donors (Lipinski definition) is 1. The Morgan fingerprint density at radius 2 is 1.87 bits per heavy atom. The van der Waals surface area contributed by atoms with Gasteiger partial charge in [-0.1, -0.05) is 30.3 Å². The number of aromatic nitrogens is 1. The molecule has 0 saturated heterocycles. The van der Waals surface area contributed by atoms with Crippen molar-refractivity contribution in [3.05, 3.63) is 105 Å². The van der Waals surface area contributed by atoms with Gasteiger partial charge in [-0.15, -0.1) is 0 Å². The lowest BCUT2D eigenvalue weighted by molar-refractivity contribution is -0.384. The Labute approximate surface area is 174 Å². The number of nitrogens with one attached hydrogen (secondary N) is 1. The van der Waals surface area contributed by atoms with E-state index in [1.54, 1.807) is 6.20 Å². The van der Waals surface area contributed by atoms with Crippen LogP contribution in [0.1, 0.15) is 33.1 Å². The van der Waals surface area contributed by atoms with E-state index in [1.165, 1.54) is 35.4 Å². The number of pyridine rings is 1. The largest absolute Gasteiger partial charge is 0.350 e. The average molecular weight is 402 g/mol. The standard InChI is InChI=1S/C23H22N4O3/c28-23(18-7-9-21(10-8-18)27(29)30)25-15-22(19-6-3-12-24-14-19)26-13-11-17-4-1-2-5-20(17)16-26/h1-10,12,14,22H,11,13,15-16H2,(H,25,28). The van der Waals surface area contributed by atoms with Crippen LogP contribution >= 0.6 is 0 Å². The van der Waals surface area contributed by atoms with Crippen LogP contribution in [0.4, 0.5) is 5.69 Å². The Balaban J connectivity index is 1.50. The third kappa shape index (κ3) is 4.36. The van der Waals surface area contributed by atoms with Gasteiger partial charge in [0.1, 0.15) is 0 Å². The maximum absolute atomic E-state index is 12.6. The Morgan fingerprint density at radius 1 is 1.10 bits per heavy atom. The normalized spacial score (nSPS) is 14.5. The van der Waals surface area contributed by atoms with Gasteiger partial charge in [-0.25, -0.2) is 0 Å². The number of nitro groups is 1. The van der Waals surface area contributed by atoms with Crippen LogP contribution in [0.5, 0.6) is 0 Å². The molecule has 152 valence electrons. The zero-order valence-electron chi connectivity index (χ0n) is 16.4. The molecule has 7 heteroatoms. The van der Waals surface area contributed by atoms with Crippen LogP contribution in [0.3, 0.4) is 0 Å². The van der Waals surface area contributed by atoms with Gasteiger partial charge in [-0.3, -0.25) is 24.8 Å². The van der Waals surface area contributed by atoms with Gasteiger partial charge in [0.2, 0.25) is 0 Å². The lowest BCUT2D eigenvalue weighted by Gasteiger charge is -2.36. The van der Waals surface area contributed by atoms with Crippen molar-refractivity contribution in [2.75, 3.05) is 13.1 Å². The van der Waals surface area contributed by atoms with E-state index in [0.29, 0.717) is 12.1 Å². The summed E-state index contributed by atoms with van der Waals surface area (Å²) in [7, 11) is 0. The lowest BCUT2D eigenvalue weighted by atomic mass is 9.97. The topological polar surface area (TPSA) is 88.4 Å². The Hall–Kier alpha value is -3.58. The Morgan fingerprint density at radius 3 is 2.57 bits per heavy atom. The van der Waals surface area contributed by atoms with Gasteiger partial charge in [0, 0.05) is 49.7 Å². The molecule has 1 N–H and O–H groups in total. The van der Waals surface area contributed by atoms with Gasteiger partial charge in [0.15, 0.2) is 0 Å². The van der Waals surface area contributed by atoms with Crippen molar-refractivity contribution >= 4 is 11.6 Å². The van der Waals surface area contributed by atoms with Crippen LogP contribution in [0.25, 0.3) is 0 Å². The number of fused-ring (bicyclic) bond motifs is 1. The smallest absolute Gasteiger partial charge is 0.269 e. The SMILES string of the molecule is O=C(NCC(c1cccnc1)N1CCc2ccccc2C1)c1ccc([N+](=O)[O-])cc1.